The standard InChI is InChI=1S/C16H26N4O3/c1-4-20-8-7-14(12-20)19(2)16(21)18-13-5-6-15(17-11-13)23-10-9-22-3/h5-6,11,14H,4,7-10,12H2,1-3H3,(H,18,21). The molecule has 7 heteroatoms. The van der Waals surface area contributed by atoms with Crippen LogP contribution in [0.1, 0.15) is 13.3 Å². The Labute approximate surface area is 137 Å². The summed E-state index contributed by atoms with van der Waals surface area (Å²) in [7, 11) is 3.46. The molecule has 2 heterocycles. The van der Waals surface area contributed by atoms with Gasteiger partial charge in [-0.25, -0.2) is 9.78 Å². The quantitative estimate of drug-likeness (QED) is 0.774. The van der Waals surface area contributed by atoms with E-state index in [1.54, 1.807) is 30.3 Å². The van der Waals surface area contributed by atoms with E-state index in [9.17, 15) is 4.79 Å². The van der Waals surface area contributed by atoms with Crippen LogP contribution < -0.4 is 10.1 Å². The van der Waals surface area contributed by atoms with Crippen molar-refractivity contribution in [2.24, 2.45) is 0 Å². The van der Waals surface area contributed by atoms with Crippen molar-refractivity contribution < 1.29 is 14.3 Å². The molecule has 1 unspecified atom stereocenters. The fourth-order valence-corrected chi connectivity index (χ4v) is 2.56. The van der Waals surface area contributed by atoms with E-state index in [1.165, 1.54) is 0 Å². The third-order valence-corrected chi connectivity index (χ3v) is 4.09. The van der Waals surface area contributed by atoms with Crippen molar-refractivity contribution in [1.82, 2.24) is 14.8 Å². The lowest BCUT2D eigenvalue weighted by Crippen LogP contribution is -2.41. The number of likely N-dealkylation sites (N-methyl/N-ethyl adjacent to an activating group) is 2. The molecule has 23 heavy (non-hydrogen) atoms. The molecule has 0 radical (unpaired) electrons. The summed E-state index contributed by atoms with van der Waals surface area (Å²) in [5.41, 5.74) is 0.659. The number of urea groups is 1. The molecule has 1 aromatic heterocycles. The van der Waals surface area contributed by atoms with Gasteiger partial charge < -0.3 is 24.6 Å². The number of anilines is 1. The number of hydrogen-bond acceptors (Lipinski definition) is 5. The number of carbonyl (C=O) groups excluding carboxylic acids is 1. The predicted molar refractivity (Wildman–Crippen MR) is 88.9 cm³/mol. The monoisotopic (exact) mass is 322 g/mol. The Balaban J connectivity index is 1.82. The summed E-state index contributed by atoms with van der Waals surface area (Å²) in [6, 6.07) is 3.68. The van der Waals surface area contributed by atoms with E-state index in [4.69, 9.17) is 9.47 Å². The zero-order chi connectivity index (χ0) is 16.7. The molecule has 1 fully saturated rings. The number of nitrogens with zero attached hydrogens (tertiary/aromatic N) is 3. The maximum absolute atomic E-state index is 12.3. The number of rotatable bonds is 7. The van der Waals surface area contributed by atoms with Gasteiger partial charge in [0.2, 0.25) is 5.88 Å². The molecular formula is C16H26N4O3. The topological polar surface area (TPSA) is 66.9 Å². The van der Waals surface area contributed by atoms with Gasteiger partial charge in [-0.15, -0.1) is 0 Å². The van der Waals surface area contributed by atoms with Crippen molar-refractivity contribution in [3.05, 3.63) is 18.3 Å². The van der Waals surface area contributed by atoms with Gasteiger partial charge in [0.15, 0.2) is 0 Å². The molecule has 128 valence electrons. The van der Waals surface area contributed by atoms with Crippen LogP contribution in [0.5, 0.6) is 5.88 Å². The summed E-state index contributed by atoms with van der Waals surface area (Å²) in [5, 5.41) is 2.87. The molecule has 1 aromatic rings. The zero-order valence-electron chi connectivity index (χ0n) is 14.1. The lowest BCUT2D eigenvalue weighted by atomic mass is 10.2. The summed E-state index contributed by atoms with van der Waals surface area (Å²) >= 11 is 0. The van der Waals surface area contributed by atoms with E-state index >= 15 is 0 Å². The molecule has 2 rings (SSSR count). The Morgan fingerprint density at radius 1 is 1.48 bits per heavy atom. The van der Waals surface area contributed by atoms with E-state index in [1.807, 2.05) is 7.05 Å². The highest BCUT2D eigenvalue weighted by atomic mass is 16.5. The first kappa shape index (κ1) is 17.5. The molecule has 1 saturated heterocycles. The lowest BCUT2D eigenvalue weighted by Gasteiger charge is -2.25. The maximum atomic E-state index is 12.3. The molecule has 0 aliphatic carbocycles. The van der Waals surface area contributed by atoms with Crippen molar-refractivity contribution in [1.29, 1.82) is 0 Å². The van der Waals surface area contributed by atoms with Gasteiger partial charge in [0.1, 0.15) is 6.61 Å². The van der Waals surface area contributed by atoms with E-state index in [0.717, 1.165) is 26.1 Å². The first-order valence-corrected chi connectivity index (χ1v) is 7.98. The van der Waals surface area contributed by atoms with Crippen molar-refractivity contribution in [3.8, 4) is 5.88 Å². The second-order valence-electron chi connectivity index (χ2n) is 5.60. The van der Waals surface area contributed by atoms with E-state index in [2.05, 4.69) is 22.1 Å². The Kier molecular flexibility index (Phi) is 6.61. The molecule has 0 aromatic carbocycles. The summed E-state index contributed by atoms with van der Waals surface area (Å²) in [4.78, 5) is 20.6. The van der Waals surface area contributed by atoms with Gasteiger partial charge in [0.25, 0.3) is 0 Å². The highest BCUT2D eigenvalue weighted by Gasteiger charge is 2.27. The summed E-state index contributed by atoms with van der Waals surface area (Å²) in [6.07, 6.45) is 2.61. The molecule has 0 spiro atoms. The van der Waals surface area contributed by atoms with E-state index in [-0.39, 0.29) is 12.1 Å². The lowest BCUT2D eigenvalue weighted by molar-refractivity contribution is 0.144. The number of carbonyl (C=O) groups is 1. The largest absolute Gasteiger partial charge is 0.475 e. The molecule has 1 N–H and O–H groups in total. The average Bonchev–Trinajstić information content (AvgIpc) is 3.05. The summed E-state index contributed by atoms with van der Waals surface area (Å²) < 4.78 is 10.3. The van der Waals surface area contributed by atoms with Crippen LogP contribution in [0.2, 0.25) is 0 Å². The zero-order valence-corrected chi connectivity index (χ0v) is 14.1. The van der Waals surface area contributed by atoms with E-state index in [0.29, 0.717) is 24.8 Å². The smallest absolute Gasteiger partial charge is 0.321 e. The molecular weight excluding hydrogens is 296 g/mol. The van der Waals surface area contributed by atoms with Crippen LogP contribution in [0.4, 0.5) is 10.5 Å². The fraction of sp³-hybridized carbons (Fsp3) is 0.625. The maximum Gasteiger partial charge on any atom is 0.321 e. The minimum absolute atomic E-state index is 0.109. The molecule has 0 saturated carbocycles. The second kappa shape index (κ2) is 8.69. The number of hydrogen-bond donors (Lipinski definition) is 1. The third-order valence-electron chi connectivity index (χ3n) is 4.09. The Hall–Kier alpha value is -1.86. The van der Waals surface area contributed by atoms with Crippen LogP contribution in [0, 0.1) is 0 Å². The highest BCUT2D eigenvalue weighted by Crippen LogP contribution is 2.16. The molecule has 1 aliphatic heterocycles. The molecule has 1 aliphatic rings. The average molecular weight is 322 g/mol. The van der Waals surface area contributed by atoms with Gasteiger partial charge in [-0.05, 0) is 19.0 Å². The fourth-order valence-electron chi connectivity index (χ4n) is 2.56. The Morgan fingerprint density at radius 2 is 2.30 bits per heavy atom. The molecule has 7 nitrogen and oxygen atoms in total. The van der Waals surface area contributed by atoms with Crippen molar-refractivity contribution >= 4 is 11.7 Å². The summed E-state index contributed by atoms with van der Waals surface area (Å²) in [5.74, 6) is 0.516. The number of aromatic nitrogens is 1. The Bertz CT molecular complexity index is 495. The van der Waals surface area contributed by atoms with Gasteiger partial charge in [-0.3, -0.25) is 0 Å². The third kappa shape index (κ3) is 5.07. The van der Waals surface area contributed by atoms with Crippen LogP contribution in [0.25, 0.3) is 0 Å². The van der Waals surface area contributed by atoms with E-state index < -0.39 is 0 Å². The first-order chi connectivity index (χ1) is 11.1. The van der Waals surface area contributed by atoms with Crippen LogP contribution in [0.3, 0.4) is 0 Å². The van der Waals surface area contributed by atoms with Gasteiger partial charge in [-0.2, -0.15) is 0 Å². The van der Waals surface area contributed by atoms with Crippen molar-refractivity contribution in [3.63, 3.8) is 0 Å². The highest BCUT2D eigenvalue weighted by molar-refractivity contribution is 5.89. The van der Waals surface area contributed by atoms with Gasteiger partial charge in [0, 0.05) is 39.4 Å². The normalized spacial score (nSPS) is 18.0. The molecule has 0 bridgehead atoms. The molecule has 2 amide bonds. The Morgan fingerprint density at radius 3 is 2.91 bits per heavy atom. The van der Waals surface area contributed by atoms with Crippen LogP contribution in [0.15, 0.2) is 18.3 Å². The summed E-state index contributed by atoms with van der Waals surface area (Å²) in [6.45, 7) is 6.12. The number of nitrogens with one attached hydrogen (secondary N) is 1. The van der Waals surface area contributed by atoms with Gasteiger partial charge >= 0.3 is 6.03 Å². The van der Waals surface area contributed by atoms with Crippen LogP contribution in [-0.2, 0) is 4.74 Å². The minimum Gasteiger partial charge on any atom is -0.475 e. The number of ether oxygens (including phenoxy) is 2. The van der Waals surface area contributed by atoms with Crippen molar-refractivity contribution in [2.45, 2.75) is 19.4 Å². The predicted octanol–water partition coefficient (Wildman–Crippen LogP) is 1.66. The number of amides is 2. The van der Waals surface area contributed by atoms with Crippen LogP contribution >= 0.6 is 0 Å². The van der Waals surface area contributed by atoms with Gasteiger partial charge in [-0.1, -0.05) is 6.92 Å². The molecule has 1 atom stereocenters. The SMILES string of the molecule is CCN1CCC(N(C)C(=O)Nc2ccc(OCCOC)nc2)C1. The minimum atomic E-state index is -0.109. The first-order valence-electron chi connectivity index (χ1n) is 7.98. The second-order valence-corrected chi connectivity index (χ2v) is 5.60. The number of pyridine rings is 1. The number of methoxy groups -OCH3 is 1. The van der Waals surface area contributed by atoms with Gasteiger partial charge in [0.05, 0.1) is 18.5 Å². The number of likely N-dealkylation sites (tertiary alicyclic amines) is 1. The van der Waals surface area contributed by atoms with Crippen LogP contribution in [-0.4, -0.2) is 73.9 Å². The van der Waals surface area contributed by atoms with Crippen molar-refractivity contribution in [2.75, 3.05) is 52.3 Å².